The molecule has 0 spiro atoms. The van der Waals surface area contributed by atoms with Gasteiger partial charge in [0.1, 0.15) is 10.0 Å². The molecule has 9 nitrogen and oxygen atoms in total. The second-order valence-corrected chi connectivity index (χ2v) is 8.68. The molecule has 0 atom stereocenters. The average molecular weight is 522 g/mol. The van der Waals surface area contributed by atoms with Gasteiger partial charge in [0.15, 0.2) is 0 Å². The molecular weight excluding hydrogens is 505 g/mol. The summed E-state index contributed by atoms with van der Waals surface area (Å²) in [6.07, 6.45) is 0. The SMILES string of the molecule is CCOC(=O)c1c(NC(=O)c2ccc(Cl)c([N+](=O)[O-])c2)sc(C(=O)Nc2ccc(Cl)cc2)c1C. The van der Waals surface area contributed by atoms with Crippen LogP contribution >= 0.6 is 34.5 Å². The van der Waals surface area contributed by atoms with Crippen molar-refractivity contribution in [2.45, 2.75) is 13.8 Å². The molecule has 0 aliphatic heterocycles. The number of carbonyl (C=O) groups excluding carboxylic acids is 3. The molecule has 176 valence electrons. The molecule has 0 aliphatic carbocycles. The van der Waals surface area contributed by atoms with Crippen LogP contribution in [-0.2, 0) is 4.74 Å². The Bertz CT molecular complexity index is 1290. The zero-order valence-corrected chi connectivity index (χ0v) is 20.1. The van der Waals surface area contributed by atoms with Gasteiger partial charge in [-0.05, 0) is 55.8 Å². The summed E-state index contributed by atoms with van der Waals surface area (Å²) < 4.78 is 5.09. The van der Waals surface area contributed by atoms with Gasteiger partial charge in [0.2, 0.25) is 0 Å². The molecule has 12 heteroatoms. The van der Waals surface area contributed by atoms with Gasteiger partial charge in [0.05, 0.1) is 22.0 Å². The second-order valence-electron chi connectivity index (χ2n) is 6.82. The Hall–Kier alpha value is -3.47. The quantitative estimate of drug-likeness (QED) is 0.224. The number of thiophene rings is 1. The number of carbonyl (C=O) groups is 3. The molecule has 2 amide bonds. The standard InChI is InChI=1S/C22H17Cl2N3O6S/c1-3-33-22(30)17-11(2)18(20(29)25-14-7-5-13(23)6-8-14)34-21(17)26-19(28)12-4-9-15(24)16(10-12)27(31)32/h4-10H,3H2,1-2H3,(H,25,29)(H,26,28). The van der Waals surface area contributed by atoms with Gasteiger partial charge < -0.3 is 15.4 Å². The van der Waals surface area contributed by atoms with Crippen molar-refractivity contribution in [1.29, 1.82) is 0 Å². The van der Waals surface area contributed by atoms with Crippen molar-refractivity contribution in [2.75, 3.05) is 17.2 Å². The lowest BCUT2D eigenvalue weighted by Crippen LogP contribution is -2.15. The Labute approximate surface area is 207 Å². The average Bonchev–Trinajstić information content (AvgIpc) is 3.11. The van der Waals surface area contributed by atoms with Crippen molar-refractivity contribution < 1.29 is 24.0 Å². The van der Waals surface area contributed by atoms with Crippen LogP contribution in [-0.4, -0.2) is 29.3 Å². The van der Waals surface area contributed by atoms with Crippen molar-refractivity contribution in [3.8, 4) is 0 Å². The topological polar surface area (TPSA) is 128 Å². The monoisotopic (exact) mass is 521 g/mol. The van der Waals surface area contributed by atoms with Crippen molar-refractivity contribution in [2.24, 2.45) is 0 Å². The van der Waals surface area contributed by atoms with E-state index in [2.05, 4.69) is 10.6 Å². The van der Waals surface area contributed by atoms with Crippen molar-refractivity contribution in [3.63, 3.8) is 0 Å². The second kappa shape index (κ2) is 10.6. The Balaban J connectivity index is 1.96. The summed E-state index contributed by atoms with van der Waals surface area (Å²) in [4.78, 5) is 48.9. The van der Waals surface area contributed by atoms with Crippen LogP contribution in [0.5, 0.6) is 0 Å². The summed E-state index contributed by atoms with van der Waals surface area (Å²) >= 11 is 12.6. The molecule has 0 unspecified atom stereocenters. The first-order chi connectivity index (χ1) is 16.1. The van der Waals surface area contributed by atoms with E-state index < -0.39 is 28.4 Å². The normalized spacial score (nSPS) is 10.5. The van der Waals surface area contributed by atoms with Crippen molar-refractivity contribution in [1.82, 2.24) is 0 Å². The largest absolute Gasteiger partial charge is 0.462 e. The minimum Gasteiger partial charge on any atom is -0.462 e. The number of anilines is 2. The number of amides is 2. The fourth-order valence-corrected chi connectivity index (χ4v) is 4.36. The molecule has 2 aromatic carbocycles. The third-order valence-corrected chi connectivity index (χ3v) is 6.34. The summed E-state index contributed by atoms with van der Waals surface area (Å²) in [7, 11) is 0. The van der Waals surface area contributed by atoms with Crippen LogP contribution in [0.2, 0.25) is 10.0 Å². The molecule has 34 heavy (non-hydrogen) atoms. The third kappa shape index (κ3) is 5.53. The van der Waals surface area contributed by atoms with Gasteiger partial charge in [-0.1, -0.05) is 23.2 Å². The summed E-state index contributed by atoms with van der Waals surface area (Å²) in [6.45, 7) is 3.26. The van der Waals surface area contributed by atoms with E-state index in [0.717, 1.165) is 17.4 Å². The van der Waals surface area contributed by atoms with Crippen LogP contribution in [0, 0.1) is 17.0 Å². The Morgan fingerprint density at radius 1 is 1.06 bits per heavy atom. The predicted octanol–water partition coefficient (Wildman–Crippen LogP) is 5.95. The number of nitrogens with zero attached hydrogens (tertiary/aromatic N) is 1. The molecule has 2 N–H and O–H groups in total. The Kier molecular flexibility index (Phi) is 7.87. The first-order valence-electron chi connectivity index (χ1n) is 9.75. The van der Waals surface area contributed by atoms with E-state index in [1.54, 1.807) is 38.1 Å². The van der Waals surface area contributed by atoms with Gasteiger partial charge in [0, 0.05) is 22.3 Å². The predicted molar refractivity (Wildman–Crippen MR) is 130 cm³/mol. The maximum Gasteiger partial charge on any atom is 0.341 e. The summed E-state index contributed by atoms with van der Waals surface area (Å²) in [5, 5.41) is 16.9. The number of benzene rings is 2. The number of nitrogens with one attached hydrogen (secondary N) is 2. The molecule has 1 heterocycles. The van der Waals surface area contributed by atoms with Crippen LogP contribution in [0.15, 0.2) is 42.5 Å². The summed E-state index contributed by atoms with van der Waals surface area (Å²) in [5.41, 5.74) is 0.325. The fraction of sp³-hybridized carbons (Fsp3) is 0.136. The van der Waals surface area contributed by atoms with Gasteiger partial charge in [-0.2, -0.15) is 0 Å². The van der Waals surface area contributed by atoms with Crippen LogP contribution in [0.25, 0.3) is 0 Å². The number of ether oxygens (including phenoxy) is 1. The molecule has 1 aromatic heterocycles. The van der Waals surface area contributed by atoms with Crippen LogP contribution < -0.4 is 10.6 Å². The van der Waals surface area contributed by atoms with Gasteiger partial charge in [-0.3, -0.25) is 19.7 Å². The van der Waals surface area contributed by atoms with Crippen LogP contribution in [0.4, 0.5) is 16.4 Å². The lowest BCUT2D eigenvalue weighted by Gasteiger charge is -2.07. The molecule has 0 bridgehead atoms. The lowest BCUT2D eigenvalue weighted by molar-refractivity contribution is -0.384. The van der Waals surface area contributed by atoms with E-state index in [4.69, 9.17) is 27.9 Å². The fourth-order valence-electron chi connectivity index (χ4n) is 2.96. The summed E-state index contributed by atoms with van der Waals surface area (Å²) in [5.74, 6) is -1.95. The number of hydrogen-bond donors (Lipinski definition) is 2. The maximum atomic E-state index is 12.9. The number of nitro groups is 1. The van der Waals surface area contributed by atoms with Gasteiger partial charge in [-0.15, -0.1) is 11.3 Å². The number of rotatable bonds is 7. The third-order valence-electron chi connectivity index (χ3n) is 4.57. The van der Waals surface area contributed by atoms with E-state index >= 15 is 0 Å². The number of halogens is 2. The van der Waals surface area contributed by atoms with Gasteiger partial charge >= 0.3 is 5.97 Å². The minimum absolute atomic E-state index is 0.0184. The smallest absolute Gasteiger partial charge is 0.341 e. The van der Waals surface area contributed by atoms with E-state index in [1.807, 2.05) is 0 Å². The molecule has 3 aromatic rings. The first kappa shape index (κ1) is 25.2. The maximum absolute atomic E-state index is 12.9. The molecule has 0 radical (unpaired) electrons. The van der Waals surface area contributed by atoms with Gasteiger partial charge in [0.25, 0.3) is 17.5 Å². The minimum atomic E-state index is -0.726. The number of esters is 1. The number of nitro benzene ring substituents is 1. The van der Waals surface area contributed by atoms with E-state index in [9.17, 15) is 24.5 Å². The van der Waals surface area contributed by atoms with E-state index in [0.29, 0.717) is 16.3 Å². The molecule has 3 rings (SSSR count). The molecule has 0 aliphatic rings. The highest BCUT2D eigenvalue weighted by Gasteiger charge is 2.27. The summed E-state index contributed by atoms with van der Waals surface area (Å²) in [6, 6.07) is 10.0. The van der Waals surface area contributed by atoms with E-state index in [-0.39, 0.29) is 32.6 Å². The van der Waals surface area contributed by atoms with Crippen LogP contribution in [0.3, 0.4) is 0 Å². The molecule has 0 saturated carbocycles. The molecule has 0 saturated heterocycles. The Morgan fingerprint density at radius 3 is 2.35 bits per heavy atom. The highest BCUT2D eigenvalue weighted by atomic mass is 35.5. The lowest BCUT2D eigenvalue weighted by atomic mass is 10.1. The highest BCUT2D eigenvalue weighted by Crippen LogP contribution is 2.35. The van der Waals surface area contributed by atoms with E-state index in [1.165, 1.54) is 12.1 Å². The zero-order chi connectivity index (χ0) is 25.0. The number of hydrogen-bond acceptors (Lipinski definition) is 7. The molecule has 0 fully saturated rings. The molecular formula is C22H17Cl2N3O6S. The van der Waals surface area contributed by atoms with Crippen molar-refractivity contribution in [3.05, 3.63) is 84.2 Å². The van der Waals surface area contributed by atoms with Gasteiger partial charge in [-0.25, -0.2) is 4.79 Å². The zero-order valence-electron chi connectivity index (χ0n) is 17.8. The van der Waals surface area contributed by atoms with Crippen molar-refractivity contribution >= 4 is 68.7 Å². The van der Waals surface area contributed by atoms with Crippen LogP contribution in [0.1, 0.15) is 42.9 Å². The Morgan fingerprint density at radius 2 is 1.74 bits per heavy atom. The highest BCUT2D eigenvalue weighted by molar-refractivity contribution is 7.19. The first-order valence-corrected chi connectivity index (χ1v) is 11.3.